The van der Waals surface area contributed by atoms with Crippen LogP contribution in [0.5, 0.6) is 0 Å². The lowest BCUT2D eigenvalue weighted by molar-refractivity contribution is -0.898. The average molecular weight is 327 g/mol. The molecule has 3 rings (SSSR count). The van der Waals surface area contributed by atoms with E-state index in [0.29, 0.717) is 5.56 Å². The van der Waals surface area contributed by atoms with Crippen molar-refractivity contribution in [3.05, 3.63) is 36.0 Å². The standard InChI is InChI=1S/C19H26N4O/c1-4-22-9-11-23(12-10-22)18-16-8-6-5-7-15(16)17(13-20-18)19(24)21-14(2)3/h5-8,13-14H,4,9-12H2,1-3H3,(H,21,24)/p+1. The van der Waals surface area contributed by atoms with Crippen LogP contribution < -0.4 is 15.1 Å². The summed E-state index contributed by atoms with van der Waals surface area (Å²) in [6.45, 7) is 11.7. The molecule has 24 heavy (non-hydrogen) atoms. The zero-order valence-electron chi connectivity index (χ0n) is 14.8. The summed E-state index contributed by atoms with van der Waals surface area (Å²) in [6.07, 6.45) is 1.73. The Bertz CT molecular complexity index is 720. The summed E-state index contributed by atoms with van der Waals surface area (Å²) in [5.41, 5.74) is 0.654. The Labute approximate surface area is 143 Å². The Morgan fingerprint density at radius 1 is 1.25 bits per heavy atom. The molecule has 0 aliphatic carbocycles. The van der Waals surface area contributed by atoms with Crippen LogP contribution >= 0.6 is 0 Å². The summed E-state index contributed by atoms with van der Waals surface area (Å²) in [4.78, 5) is 21.1. The number of anilines is 1. The lowest BCUT2D eigenvalue weighted by atomic mass is 10.1. The summed E-state index contributed by atoms with van der Waals surface area (Å²) in [6, 6.07) is 8.20. The third-order valence-electron chi connectivity index (χ3n) is 4.71. The molecular weight excluding hydrogens is 300 g/mol. The number of rotatable bonds is 4. The minimum atomic E-state index is -0.0551. The van der Waals surface area contributed by atoms with Gasteiger partial charge in [-0.2, -0.15) is 0 Å². The maximum absolute atomic E-state index is 12.5. The number of quaternary nitrogens is 1. The number of nitrogens with one attached hydrogen (secondary N) is 2. The van der Waals surface area contributed by atoms with Crippen molar-refractivity contribution in [2.75, 3.05) is 37.6 Å². The smallest absolute Gasteiger partial charge is 0.253 e. The predicted molar refractivity (Wildman–Crippen MR) is 97.8 cm³/mol. The molecule has 0 unspecified atom stereocenters. The first-order valence-corrected chi connectivity index (χ1v) is 8.87. The molecule has 0 spiro atoms. The number of likely N-dealkylation sites (N-methyl/N-ethyl adjacent to an activating group) is 1. The van der Waals surface area contributed by atoms with Crippen LogP contribution in [0, 0.1) is 0 Å². The van der Waals surface area contributed by atoms with Gasteiger partial charge in [-0.1, -0.05) is 24.3 Å². The minimum Gasteiger partial charge on any atom is -0.350 e. The maximum atomic E-state index is 12.5. The van der Waals surface area contributed by atoms with E-state index in [0.717, 1.165) is 42.8 Å². The van der Waals surface area contributed by atoms with Crippen molar-refractivity contribution in [3.8, 4) is 0 Å². The Morgan fingerprint density at radius 2 is 1.92 bits per heavy atom. The molecule has 0 bridgehead atoms. The van der Waals surface area contributed by atoms with Crippen LogP contribution in [0.3, 0.4) is 0 Å². The molecule has 1 aliphatic rings. The molecule has 0 saturated carbocycles. The second kappa shape index (κ2) is 7.18. The molecule has 1 fully saturated rings. The van der Waals surface area contributed by atoms with Crippen molar-refractivity contribution in [2.24, 2.45) is 0 Å². The molecule has 0 radical (unpaired) electrons. The van der Waals surface area contributed by atoms with Crippen LogP contribution in [-0.2, 0) is 0 Å². The highest BCUT2D eigenvalue weighted by atomic mass is 16.1. The van der Waals surface area contributed by atoms with Gasteiger partial charge in [0, 0.05) is 17.6 Å². The first-order chi connectivity index (χ1) is 11.6. The maximum Gasteiger partial charge on any atom is 0.253 e. The van der Waals surface area contributed by atoms with Gasteiger partial charge < -0.3 is 15.1 Å². The lowest BCUT2D eigenvalue weighted by Gasteiger charge is -2.33. The summed E-state index contributed by atoms with van der Waals surface area (Å²) in [7, 11) is 0. The van der Waals surface area contributed by atoms with Crippen LogP contribution in [0.2, 0.25) is 0 Å². The zero-order chi connectivity index (χ0) is 17.1. The number of pyridine rings is 1. The first kappa shape index (κ1) is 16.7. The summed E-state index contributed by atoms with van der Waals surface area (Å²) in [5, 5.41) is 5.01. The molecule has 5 heteroatoms. The molecule has 1 aliphatic heterocycles. The van der Waals surface area contributed by atoms with Crippen LogP contribution in [0.1, 0.15) is 31.1 Å². The molecule has 5 nitrogen and oxygen atoms in total. The van der Waals surface area contributed by atoms with E-state index in [2.05, 4.69) is 28.2 Å². The van der Waals surface area contributed by atoms with Crippen molar-refractivity contribution < 1.29 is 9.69 Å². The molecule has 1 saturated heterocycles. The number of carbonyl (C=O) groups is 1. The molecule has 1 aromatic heterocycles. The van der Waals surface area contributed by atoms with Crippen molar-refractivity contribution in [2.45, 2.75) is 26.8 Å². The van der Waals surface area contributed by atoms with E-state index in [1.165, 1.54) is 6.54 Å². The monoisotopic (exact) mass is 327 g/mol. The lowest BCUT2D eigenvalue weighted by Crippen LogP contribution is -3.14. The topological polar surface area (TPSA) is 49.7 Å². The molecule has 1 aromatic carbocycles. The van der Waals surface area contributed by atoms with E-state index >= 15 is 0 Å². The van der Waals surface area contributed by atoms with Crippen molar-refractivity contribution in [1.29, 1.82) is 0 Å². The Hall–Kier alpha value is -2.14. The van der Waals surface area contributed by atoms with Gasteiger partial charge in [0.05, 0.1) is 38.3 Å². The quantitative estimate of drug-likeness (QED) is 0.884. The number of benzene rings is 1. The van der Waals surface area contributed by atoms with E-state index < -0.39 is 0 Å². The Morgan fingerprint density at radius 3 is 2.54 bits per heavy atom. The van der Waals surface area contributed by atoms with Gasteiger partial charge in [-0.25, -0.2) is 4.98 Å². The van der Waals surface area contributed by atoms with Gasteiger partial charge in [-0.3, -0.25) is 4.79 Å². The molecule has 2 N–H and O–H groups in total. The highest BCUT2D eigenvalue weighted by molar-refractivity contribution is 6.09. The van der Waals surface area contributed by atoms with Crippen LogP contribution in [0.4, 0.5) is 5.82 Å². The molecular formula is C19H27N4O+. The second-order valence-corrected chi connectivity index (χ2v) is 6.76. The van der Waals surface area contributed by atoms with Gasteiger partial charge in [0.2, 0.25) is 0 Å². The van der Waals surface area contributed by atoms with Gasteiger partial charge in [0.15, 0.2) is 0 Å². The fourth-order valence-corrected chi connectivity index (χ4v) is 3.34. The third kappa shape index (κ3) is 3.36. The van der Waals surface area contributed by atoms with E-state index in [4.69, 9.17) is 0 Å². The third-order valence-corrected chi connectivity index (χ3v) is 4.71. The molecule has 2 heterocycles. The number of carbonyl (C=O) groups excluding carboxylic acids is 1. The minimum absolute atomic E-state index is 0.0551. The predicted octanol–water partition coefficient (Wildman–Crippen LogP) is 1.10. The number of aromatic nitrogens is 1. The number of amides is 1. The SMILES string of the molecule is CC[NH+]1CCN(c2ncc(C(=O)NC(C)C)c3ccccc23)CC1. The molecule has 128 valence electrons. The van der Waals surface area contributed by atoms with E-state index in [-0.39, 0.29) is 11.9 Å². The summed E-state index contributed by atoms with van der Waals surface area (Å²) in [5.74, 6) is 0.947. The van der Waals surface area contributed by atoms with Gasteiger partial charge in [-0.15, -0.1) is 0 Å². The van der Waals surface area contributed by atoms with E-state index in [1.807, 2.05) is 32.0 Å². The fourth-order valence-electron chi connectivity index (χ4n) is 3.34. The van der Waals surface area contributed by atoms with E-state index in [9.17, 15) is 4.79 Å². The number of nitrogens with zero attached hydrogens (tertiary/aromatic N) is 2. The van der Waals surface area contributed by atoms with Crippen molar-refractivity contribution in [1.82, 2.24) is 10.3 Å². The number of piperazine rings is 1. The summed E-state index contributed by atoms with van der Waals surface area (Å²) < 4.78 is 0. The Kier molecular flexibility index (Phi) is 5.00. The number of hydrogen-bond donors (Lipinski definition) is 2. The van der Waals surface area contributed by atoms with Gasteiger partial charge in [0.1, 0.15) is 5.82 Å². The second-order valence-electron chi connectivity index (χ2n) is 6.76. The number of hydrogen-bond acceptors (Lipinski definition) is 3. The highest BCUT2D eigenvalue weighted by Gasteiger charge is 2.22. The van der Waals surface area contributed by atoms with Gasteiger partial charge in [0.25, 0.3) is 5.91 Å². The average Bonchev–Trinajstić information content (AvgIpc) is 2.60. The normalized spacial score (nSPS) is 15.9. The van der Waals surface area contributed by atoms with Crippen LogP contribution in [0.15, 0.2) is 30.5 Å². The summed E-state index contributed by atoms with van der Waals surface area (Å²) >= 11 is 0. The molecule has 2 aromatic rings. The molecule has 0 atom stereocenters. The highest BCUT2D eigenvalue weighted by Crippen LogP contribution is 2.27. The molecule has 1 amide bonds. The van der Waals surface area contributed by atoms with Gasteiger partial charge in [-0.05, 0) is 26.2 Å². The van der Waals surface area contributed by atoms with Crippen molar-refractivity contribution >= 4 is 22.5 Å². The Balaban J connectivity index is 1.95. The van der Waals surface area contributed by atoms with Crippen LogP contribution in [0.25, 0.3) is 10.8 Å². The first-order valence-electron chi connectivity index (χ1n) is 8.87. The van der Waals surface area contributed by atoms with E-state index in [1.54, 1.807) is 11.1 Å². The number of fused-ring (bicyclic) bond motifs is 1. The largest absolute Gasteiger partial charge is 0.350 e. The van der Waals surface area contributed by atoms with Crippen LogP contribution in [-0.4, -0.2) is 49.7 Å². The fraction of sp³-hybridized carbons (Fsp3) is 0.474. The van der Waals surface area contributed by atoms with Gasteiger partial charge >= 0.3 is 0 Å². The zero-order valence-corrected chi connectivity index (χ0v) is 14.8. The van der Waals surface area contributed by atoms with Crippen molar-refractivity contribution in [3.63, 3.8) is 0 Å².